The molecular formula is C12H11ClN4S. The first-order valence-electron chi connectivity index (χ1n) is 5.43. The predicted molar refractivity (Wildman–Crippen MR) is 75.2 cm³/mol. The molecule has 3 aromatic rings. The topological polar surface area (TPSA) is 57.4 Å². The van der Waals surface area contributed by atoms with Crippen LogP contribution in [0.5, 0.6) is 0 Å². The number of nitrogens with zero attached hydrogens (tertiary/aromatic N) is 2. The van der Waals surface area contributed by atoms with Crippen LogP contribution in [0.2, 0.25) is 5.02 Å². The van der Waals surface area contributed by atoms with Crippen LogP contribution in [0.25, 0.3) is 22.6 Å². The maximum atomic E-state index is 6.09. The van der Waals surface area contributed by atoms with Gasteiger partial charge in [-0.1, -0.05) is 11.6 Å². The Labute approximate surface area is 113 Å². The van der Waals surface area contributed by atoms with Gasteiger partial charge in [0.2, 0.25) is 0 Å². The van der Waals surface area contributed by atoms with Crippen LogP contribution < -0.4 is 0 Å². The smallest absolute Gasteiger partial charge is 0.156 e. The molecule has 2 N–H and O–H groups in total. The maximum Gasteiger partial charge on any atom is 0.156 e. The van der Waals surface area contributed by atoms with Crippen molar-refractivity contribution in [1.82, 2.24) is 20.2 Å². The summed E-state index contributed by atoms with van der Waals surface area (Å²) in [7, 11) is 0. The van der Waals surface area contributed by atoms with Gasteiger partial charge in [-0.05, 0) is 30.9 Å². The molecule has 0 unspecified atom stereocenters. The third kappa shape index (κ3) is 1.89. The van der Waals surface area contributed by atoms with Crippen LogP contribution >= 0.6 is 23.4 Å². The van der Waals surface area contributed by atoms with Crippen LogP contribution in [0.4, 0.5) is 0 Å². The number of hydrogen-bond acceptors (Lipinski definition) is 3. The van der Waals surface area contributed by atoms with Crippen molar-refractivity contribution in [1.29, 1.82) is 0 Å². The highest BCUT2D eigenvalue weighted by atomic mass is 35.5. The Hall–Kier alpha value is -1.46. The highest BCUT2D eigenvalue weighted by Gasteiger charge is 2.09. The molecule has 0 aliphatic rings. The average molecular weight is 279 g/mol. The molecule has 0 bridgehead atoms. The highest BCUT2D eigenvalue weighted by Crippen LogP contribution is 2.25. The lowest BCUT2D eigenvalue weighted by Crippen LogP contribution is -1.79. The number of hydrogen-bond donors (Lipinski definition) is 2. The molecule has 2 aromatic heterocycles. The summed E-state index contributed by atoms with van der Waals surface area (Å²) in [6.45, 7) is 1.98. The monoisotopic (exact) mass is 278 g/mol. The summed E-state index contributed by atoms with van der Waals surface area (Å²) < 4.78 is 0. The number of halogens is 1. The second-order valence-electron chi connectivity index (χ2n) is 4.03. The van der Waals surface area contributed by atoms with Gasteiger partial charge in [0.25, 0.3) is 0 Å². The molecule has 0 radical (unpaired) electrons. The fourth-order valence-corrected chi connectivity index (χ4v) is 2.33. The normalized spacial score (nSPS) is 11.3. The molecular weight excluding hydrogens is 268 g/mol. The van der Waals surface area contributed by atoms with E-state index >= 15 is 0 Å². The lowest BCUT2D eigenvalue weighted by molar-refractivity contribution is 1.00. The molecule has 0 amide bonds. The van der Waals surface area contributed by atoms with Gasteiger partial charge >= 0.3 is 0 Å². The van der Waals surface area contributed by atoms with Gasteiger partial charge in [-0.2, -0.15) is 5.10 Å². The second kappa shape index (κ2) is 4.33. The minimum Gasteiger partial charge on any atom is -0.337 e. The van der Waals surface area contributed by atoms with Crippen LogP contribution in [0.1, 0.15) is 5.56 Å². The minimum absolute atomic E-state index is 0.731. The van der Waals surface area contributed by atoms with Crippen molar-refractivity contribution in [2.24, 2.45) is 0 Å². The first-order chi connectivity index (χ1) is 8.67. The van der Waals surface area contributed by atoms with E-state index in [4.69, 9.17) is 11.6 Å². The van der Waals surface area contributed by atoms with Gasteiger partial charge in [0.15, 0.2) is 5.82 Å². The van der Waals surface area contributed by atoms with Crippen LogP contribution in [0.3, 0.4) is 0 Å². The number of rotatable bonds is 2. The molecule has 0 aliphatic heterocycles. The molecule has 92 valence electrons. The van der Waals surface area contributed by atoms with Crippen molar-refractivity contribution in [2.75, 3.05) is 6.26 Å². The summed E-state index contributed by atoms with van der Waals surface area (Å²) >= 11 is 7.68. The van der Waals surface area contributed by atoms with Crippen molar-refractivity contribution in [3.05, 3.63) is 28.8 Å². The first-order valence-corrected chi connectivity index (χ1v) is 7.03. The predicted octanol–water partition coefficient (Wildman–Crippen LogP) is 3.64. The number of nitrogens with one attached hydrogen (secondary N) is 2. The zero-order valence-corrected chi connectivity index (χ0v) is 11.5. The Morgan fingerprint density at radius 2 is 2.11 bits per heavy atom. The zero-order valence-electron chi connectivity index (χ0n) is 9.91. The SMILES string of the molecule is CSc1cc(-c2nc3cc(Cl)c(C)cc3[nH]2)[nH]n1. The number of thioether (sulfide) groups is 1. The molecule has 0 aliphatic carbocycles. The number of benzene rings is 1. The Morgan fingerprint density at radius 1 is 1.28 bits per heavy atom. The van der Waals surface area contributed by atoms with E-state index in [0.29, 0.717) is 0 Å². The molecule has 0 atom stereocenters. The number of fused-ring (bicyclic) bond motifs is 1. The summed E-state index contributed by atoms with van der Waals surface area (Å²) in [5.74, 6) is 0.777. The van der Waals surface area contributed by atoms with Gasteiger partial charge in [0.05, 0.1) is 11.0 Å². The van der Waals surface area contributed by atoms with Gasteiger partial charge < -0.3 is 4.98 Å². The molecule has 6 heteroatoms. The molecule has 0 saturated carbocycles. The third-order valence-corrected chi connectivity index (χ3v) is 3.82. The van der Waals surface area contributed by atoms with E-state index in [1.165, 1.54) is 0 Å². The van der Waals surface area contributed by atoms with Crippen LogP contribution in [0.15, 0.2) is 23.2 Å². The van der Waals surface area contributed by atoms with Gasteiger partial charge in [-0.3, -0.25) is 5.10 Å². The van der Waals surface area contributed by atoms with Gasteiger partial charge in [-0.15, -0.1) is 11.8 Å². The second-order valence-corrected chi connectivity index (χ2v) is 5.26. The number of aromatic nitrogens is 4. The lowest BCUT2D eigenvalue weighted by atomic mass is 10.2. The summed E-state index contributed by atoms with van der Waals surface area (Å²) in [6, 6.07) is 5.84. The van der Waals surface area contributed by atoms with Gasteiger partial charge in [-0.25, -0.2) is 4.98 Å². The van der Waals surface area contributed by atoms with E-state index < -0.39 is 0 Å². The number of aryl methyl sites for hydroxylation is 1. The summed E-state index contributed by atoms with van der Waals surface area (Å²) in [5, 5.41) is 8.81. The minimum atomic E-state index is 0.731. The highest BCUT2D eigenvalue weighted by molar-refractivity contribution is 7.98. The number of aromatic amines is 2. The maximum absolute atomic E-state index is 6.09. The Morgan fingerprint density at radius 3 is 2.83 bits per heavy atom. The first kappa shape index (κ1) is 11.6. The Balaban J connectivity index is 2.13. The molecule has 18 heavy (non-hydrogen) atoms. The van der Waals surface area contributed by atoms with Crippen molar-refractivity contribution >= 4 is 34.4 Å². The summed E-state index contributed by atoms with van der Waals surface area (Å²) in [4.78, 5) is 7.78. The van der Waals surface area contributed by atoms with Gasteiger partial charge in [0, 0.05) is 11.1 Å². The average Bonchev–Trinajstić information content (AvgIpc) is 2.95. The van der Waals surface area contributed by atoms with E-state index in [-0.39, 0.29) is 0 Å². The van der Waals surface area contributed by atoms with Crippen LogP contribution in [0, 0.1) is 6.92 Å². The van der Waals surface area contributed by atoms with Crippen LogP contribution in [-0.4, -0.2) is 26.4 Å². The van der Waals surface area contributed by atoms with Gasteiger partial charge in [0.1, 0.15) is 10.7 Å². The number of imidazole rings is 1. The van der Waals surface area contributed by atoms with E-state index in [9.17, 15) is 0 Å². The zero-order chi connectivity index (χ0) is 12.7. The summed E-state index contributed by atoms with van der Waals surface area (Å²) in [6.07, 6.45) is 1.99. The van der Waals surface area contributed by atoms with E-state index in [1.807, 2.05) is 31.4 Å². The summed E-state index contributed by atoms with van der Waals surface area (Å²) in [5.41, 5.74) is 3.76. The molecule has 4 nitrogen and oxygen atoms in total. The molecule has 0 saturated heterocycles. The van der Waals surface area contributed by atoms with E-state index in [0.717, 1.165) is 38.2 Å². The molecule has 3 rings (SSSR count). The fraction of sp³-hybridized carbons (Fsp3) is 0.167. The van der Waals surface area contributed by atoms with Crippen molar-refractivity contribution in [2.45, 2.75) is 11.9 Å². The van der Waals surface area contributed by atoms with E-state index in [2.05, 4.69) is 20.2 Å². The van der Waals surface area contributed by atoms with E-state index in [1.54, 1.807) is 11.8 Å². The molecule has 0 fully saturated rings. The Kier molecular flexibility index (Phi) is 2.80. The Bertz CT molecular complexity index is 677. The molecule has 1 aromatic carbocycles. The largest absolute Gasteiger partial charge is 0.337 e. The fourth-order valence-electron chi connectivity index (χ4n) is 1.80. The van der Waals surface area contributed by atoms with Crippen molar-refractivity contribution < 1.29 is 0 Å². The van der Waals surface area contributed by atoms with Crippen LogP contribution in [-0.2, 0) is 0 Å². The number of H-pyrrole nitrogens is 2. The lowest BCUT2D eigenvalue weighted by Gasteiger charge is -1.95. The quantitative estimate of drug-likeness (QED) is 0.704. The third-order valence-electron chi connectivity index (χ3n) is 2.78. The molecule has 2 heterocycles. The molecule has 0 spiro atoms. The standard InChI is InChI=1S/C12H11ClN4S/c1-6-3-8-9(4-7(6)13)15-12(14-8)10-5-11(18-2)17-16-10/h3-5H,1-2H3,(H,14,15)(H,16,17). The van der Waals surface area contributed by atoms with Crippen molar-refractivity contribution in [3.8, 4) is 11.5 Å². The van der Waals surface area contributed by atoms with Crippen molar-refractivity contribution in [3.63, 3.8) is 0 Å².